The van der Waals surface area contributed by atoms with E-state index in [2.05, 4.69) is 4.90 Å². The van der Waals surface area contributed by atoms with Gasteiger partial charge in [0, 0.05) is 6.54 Å². The van der Waals surface area contributed by atoms with Gasteiger partial charge in [0.2, 0.25) is 0 Å². The molecule has 0 saturated carbocycles. The highest BCUT2D eigenvalue weighted by molar-refractivity contribution is 14.1. The first-order chi connectivity index (χ1) is 6.33. The van der Waals surface area contributed by atoms with E-state index >= 15 is 0 Å². The van der Waals surface area contributed by atoms with Gasteiger partial charge in [0.15, 0.2) is 0 Å². The van der Waals surface area contributed by atoms with Crippen LogP contribution in [0.2, 0.25) is 0 Å². The summed E-state index contributed by atoms with van der Waals surface area (Å²) in [5.74, 6) is -0.0994. The number of piperidine rings is 1. The van der Waals surface area contributed by atoms with E-state index in [0.717, 1.165) is 6.54 Å². The first kappa shape index (κ1) is 11.2. The van der Waals surface area contributed by atoms with Crippen LogP contribution < -0.4 is 0 Å². The SMILES string of the molecule is O=C(CI)OCCN1CCCCC1. The summed E-state index contributed by atoms with van der Waals surface area (Å²) in [5.41, 5.74) is 0. The molecular weight excluding hydrogens is 281 g/mol. The number of hydrogen-bond acceptors (Lipinski definition) is 3. The van der Waals surface area contributed by atoms with Gasteiger partial charge in [-0.1, -0.05) is 29.0 Å². The Morgan fingerprint density at radius 1 is 1.31 bits per heavy atom. The van der Waals surface area contributed by atoms with E-state index in [9.17, 15) is 4.79 Å². The van der Waals surface area contributed by atoms with Crippen LogP contribution in [-0.2, 0) is 9.53 Å². The minimum Gasteiger partial charge on any atom is -0.464 e. The van der Waals surface area contributed by atoms with Crippen LogP contribution in [0.4, 0.5) is 0 Å². The van der Waals surface area contributed by atoms with Crippen molar-refractivity contribution in [1.82, 2.24) is 4.90 Å². The fourth-order valence-electron chi connectivity index (χ4n) is 1.51. The third-order valence-electron chi connectivity index (χ3n) is 2.23. The van der Waals surface area contributed by atoms with Crippen molar-refractivity contribution in [2.45, 2.75) is 19.3 Å². The lowest BCUT2D eigenvalue weighted by atomic mass is 10.1. The van der Waals surface area contributed by atoms with Gasteiger partial charge in [0.25, 0.3) is 0 Å². The Bertz CT molecular complexity index is 158. The molecule has 1 rings (SSSR count). The fraction of sp³-hybridized carbons (Fsp3) is 0.889. The molecule has 1 heterocycles. The number of halogens is 1. The molecule has 0 aliphatic carbocycles. The number of ether oxygens (including phenoxy) is 1. The highest BCUT2D eigenvalue weighted by atomic mass is 127. The number of likely N-dealkylation sites (tertiary alicyclic amines) is 1. The van der Waals surface area contributed by atoms with Gasteiger partial charge in [-0.3, -0.25) is 9.69 Å². The quantitative estimate of drug-likeness (QED) is 0.447. The molecule has 0 aromatic rings. The number of hydrogen-bond donors (Lipinski definition) is 0. The molecule has 1 aliphatic heterocycles. The molecule has 1 fully saturated rings. The molecular formula is C9H16INO2. The molecule has 76 valence electrons. The summed E-state index contributed by atoms with van der Waals surface area (Å²) < 4.78 is 5.46. The summed E-state index contributed by atoms with van der Waals surface area (Å²) in [4.78, 5) is 13.2. The van der Waals surface area contributed by atoms with Crippen molar-refractivity contribution in [3.63, 3.8) is 0 Å². The highest BCUT2D eigenvalue weighted by Gasteiger charge is 2.09. The van der Waals surface area contributed by atoms with Crippen LogP contribution in [0.5, 0.6) is 0 Å². The number of carbonyl (C=O) groups excluding carboxylic acids is 1. The van der Waals surface area contributed by atoms with Gasteiger partial charge in [0.05, 0.1) is 4.43 Å². The maximum atomic E-state index is 10.8. The van der Waals surface area contributed by atoms with E-state index in [-0.39, 0.29) is 5.97 Å². The monoisotopic (exact) mass is 297 g/mol. The van der Waals surface area contributed by atoms with E-state index in [1.54, 1.807) is 0 Å². The zero-order chi connectivity index (χ0) is 9.52. The normalized spacial score (nSPS) is 18.5. The van der Waals surface area contributed by atoms with Crippen LogP contribution in [0.3, 0.4) is 0 Å². The summed E-state index contributed by atoms with van der Waals surface area (Å²) >= 11 is 2.02. The smallest absolute Gasteiger partial charge is 0.315 e. The van der Waals surface area contributed by atoms with Crippen LogP contribution in [-0.4, -0.2) is 41.5 Å². The summed E-state index contributed by atoms with van der Waals surface area (Å²) in [6, 6.07) is 0. The average Bonchev–Trinajstić information content (AvgIpc) is 2.19. The molecule has 1 saturated heterocycles. The Balaban J connectivity index is 2.01. The first-order valence-corrected chi connectivity index (χ1v) is 6.29. The first-order valence-electron chi connectivity index (χ1n) is 4.77. The van der Waals surface area contributed by atoms with Crippen molar-refractivity contribution >= 4 is 28.6 Å². The second kappa shape index (κ2) is 6.59. The molecule has 1 aliphatic rings. The maximum absolute atomic E-state index is 10.8. The van der Waals surface area contributed by atoms with E-state index in [1.165, 1.54) is 32.4 Å². The lowest BCUT2D eigenvalue weighted by molar-refractivity contribution is -0.140. The van der Waals surface area contributed by atoms with Crippen molar-refractivity contribution in [2.75, 3.05) is 30.7 Å². The van der Waals surface area contributed by atoms with Gasteiger partial charge in [0.1, 0.15) is 6.61 Å². The number of esters is 1. The van der Waals surface area contributed by atoms with Crippen molar-refractivity contribution in [3.8, 4) is 0 Å². The second-order valence-corrected chi connectivity index (χ2v) is 4.02. The molecule has 0 atom stereocenters. The number of rotatable bonds is 4. The van der Waals surface area contributed by atoms with Gasteiger partial charge in [-0.05, 0) is 25.9 Å². The molecule has 0 radical (unpaired) electrons. The summed E-state index contributed by atoms with van der Waals surface area (Å²) in [6.45, 7) is 3.80. The molecule has 0 spiro atoms. The third kappa shape index (κ3) is 4.81. The Kier molecular flexibility index (Phi) is 5.70. The highest BCUT2D eigenvalue weighted by Crippen LogP contribution is 2.07. The summed E-state index contributed by atoms with van der Waals surface area (Å²) in [6.07, 6.45) is 3.94. The van der Waals surface area contributed by atoms with Crippen LogP contribution in [0, 0.1) is 0 Å². The molecule has 13 heavy (non-hydrogen) atoms. The van der Waals surface area contributed by atoms with Gasteiger partial charge >= 0.3 is 5.97 Å². The lowest BCUT2D eigenvalue weighted by Crippen LogP contribution is -2.33. The summed E-state index contributed by atoms with van der Waals surface area (Å²) in [5, 5.41) is 0. The van der Waals surface area contributed by atoms with E-state index in [4.69, 9.17) is 4.74 Å². The molecule has 0 amide bonds. The minimum absolute atomic E-state index is 0.0994. The second-order valence-electron chi connectivity index (χ2n) is 3.26. The Morgan fingerprint density at radius 3 is 2.62 bits per heavy atom. The predicted octanol–water partition coefficient (Wildman–Crippen LogP) is 1.45. The Hall–Kier alpha value is 0.160. The Labute approximate surface area is 92.9 Å². The maximum Gasteiger partial charge on any atom is 0.315 e. The molecule has 4 heteroatoms. The van der Waals surface area contributed by atoms with Crippen molar-refractivity contribution in [2.24, 2.45) is 0 Å². The third-order valence-corrected chi connectivity index (χ3v) is 2.85. The van der Waals surface area contributed by atoms with Crippen molar-refractivity contribution < 1.29 is 9.53 Å². The minimum atomic E-state index is -0.0994. The number of carbonyl (C=O) groups is 1. The molecule has 0 aromatic carbocycles. The van der Waals surface area contributed by atoms with E-state index in [1.807, 2.05) is 22.6 Å². The van der Waals surface area contributed by atoms with Gasteiger partial charge in [-0.2, -0.15) is 0 Å². The summed E-state index contributed by atoms with van der Waals surface area (Å²) in [7, 11) is 0. The van der Waals surface area contributed by atoms with Crippen LogP contribution >= 0.6 is 22.6 Å². The molecule has 0 unspecified atom stereocenters. The van der Waals surface area contributed by atoms with Crippen molar-refractivity contribution in [1.29, 1.82) is 0 Å². The zero-order valence-electron chi connectivity index (χ0n) is 7.80. The molecule has 0 N–H and O–H groups in total. The van der Waals surface area contributed by atoms with Crippen LogP contribution in [0.1, 0.15) is 19.3 Å². The predicted molar refractivity (Wildman–Crippen MR) is 60.1 cm³/mol. The van der Waals surface area contributed by atoms with E-state index in [0.29, 0.717) is 11.0 Å². The molecule has 0 aromatic heterocycles. The average molecular weight is 297 g/mol. The Morgan fingerprint density at radius 2 is 2.00 bits per heavy atom. The van der Waals surface area contributed by atoms with Crippen molar-refractivity contribution in [3.05, 3.63) is 0 Å². The van der Waals surface area contributed by atoms with E-state index < -0.39 is 0 Å². The fourth-order valence-corrected chi connectivity index (χ4v) is 1.73. The molecule has 3 nitrogen and oxygen atoms in total. The number of nitrogens with zero attached hydrogens (tertiary/aromatic N) is 1. The zero-order valence-corrected chi connectivity index (χ0v) is 9.96. The number of alkyl halides is 1. The topological polar surface area (TPSA) is 29.5 Å². The van der Waals surface area contributed by atoms with Gasteiger partial charge in [-0.15, -0.1) is 0 Å². The largest absolute Gasteiger partial charge is 0.464 e. The lowest BCUT2D eigenvalue weighted by Gasteiger charge is -2.25. The standard InChI is InChI=1S/C9H16INO2/c10-8-9(12)13-7-6-11-4-2-1-3-5-11/h1-8H2. The van der Waals surface area contributed by atoms with Gasteiger partial charge in [-0.25, -0.2) is 0 Å². The van der Waals surface area contributed by atoms with Crippen LogP contribution in [0.25, 0.3) is 0 Å². The van der Waals surface area contributed by atoms with Crippen LogP contribution in [0.15, 0.2) is 0 Å². The van der Waals surface area contributed by atoms with Gasteiger partial charge < -0.3 is 4.74 Å². The molecule has 0 bridgehead atoms.